The maximum absolute atomic E-state index is 12.7. The number of hydrogen-bond donors (Lipinski definition) is 2. The van der Waals surface area contributed by atoms with E-state index in [2.05, 4.69) is 20.4 Å². The third-order valence-electron chi connectivity index (χ3n) is 4.43. The second-order valence-corrected chi connectivity index (χ2v) is 6.59. The van der Waals surface area contributed by atoms with Crippen LogP contribution in [0, 0.1) is 0 Å². The normalized spacial score (nSPS) is 16.1. The van der Waals surface area contributed by atoms with Crippen molar-refractivity contribution in [2.45, 2.75) is 12.6 Å². The molecular formula is C19H22Cl2N4O3. The highest BCUT2D eigenvalue weighted by Crippen LogP contribution is 2.23. The summed E-state index contributed by atoms with van der Waals surface area (Å²) in [5.74, 6) is -0.440. The van der Waals surface area contributed by atoms with Crippen LogP contribution < -0.4 is 10.6 Å². The van der Waals surface area contributed by atoms with Crippen LogP contribution in [0.25, 0.3) is 0 Å². The summed E-state index contributed by atoms with van der Waals surface area (Å²) in [5.41, 5.74) is 2.06. The van der Waals surface area contributed by atoms with Crippen molar-refractivity contribution in [2.24, 2.45) is 0 Å². The lowest BCUT2D eigenvalue weighted by molar-refractivity contribution is 0.0600. The van der Waals surface area contributed by atoms with Crippen molar-refractivity contribution in [3.63, 3.8) is 0 Å². The minimum atomic E-state index is -0.440. The van der Waals surface area contributed by atoms with Gasteiger partial charge >= 0.3 is 12.0 Å². The molecule has 0 saturated carbocycles. The van der Waals surface area contributed by atoms with Gasteiger partial charge in [0.15, 0.2) is 0 Å². The highest BCUT2D eigenvalue weighted by atomic mass is 35.5. The van der Waals surface area contributed by atoms with Crippen LogP contribution in [0.2, 0.25) is 5.02 Å². The number of benzene rings is 1. The standard InChI is InChI=1S/C19H21ClN4O3.ClH/c1-27-18(25)14-4-7-16(22-10-14)11-23-19(26)24-9-8-21-12-17(24)13-2-5-15(20)6-3-13;/h2-7,10,17,21H,8-9,11-12H2,1H3,(H,23,26);1H. The van der Waals surface area contributed by atoms with Gasteiger partial charge in [0.2, 0.25) is 0 Å². The van der Waals surface area contributed by atoms with Gasteiger partial charge in [-0.3, -0.25) is 4.98 Å². The van der Waals surface area contributed by atoms with Crippen molar-refractivity contribution in [1.29, 1.82) is 0 Å². The number of piperazine rings is 1. The highest BCUT2D eigenvalue weighted by molar-refractivity contribution is 6.30. The van der Waals surface area contributed by atoms with Crippen molar-refractivity contribution in [1.82, 2.24) is 20.5 Å². The predicted molar refractivity (Wildman–Crippen MR) is 109 cm³/mol. The van der Waals surface area contributed by atoms with Crippen LogP contribution in [0.15, 0.2) is 42.6 Å². The van der Waals surface area contributed by atoms with Crippen molar-refractivity contribution in [3.05, 3.63) is 64.4 Å². The number of nitrogens with zero attached hydrogens (tertiary/aromatic N) is 2. The molecule has 2 amide bonds. The first-order valence-electron chi connectivity index (χ1n) is 8.62. The number of carbonyl (C=O) groups excluding carboxylic acids is 2. The van der Waals surface area contributed by atoms with Crippen LogP contribution >= 0.6 is 24.0 Å². The van der Waals surface area contributed by atoms with E-state index in [4.69, 9.17) is 11.6 Å². The number of ether oxygens (including phenoxy) is 1. The molecule has 2 N–H and O–H groups in total. The fraction of sp³-hybridized carbons (Fsp3) is 0.316. The van der Waals surface area contributed by atoms with Crippen molar-refractivity contribution >= 4 is 36.0 Å². The van der Waals surface area contributed by atoms with Crippen LogP contribution in [-0.4, -0.2) is 48.6 Å². The van der Waals surface area contributed by atoms with Gasteiger partial charge in [0, 0.05) is 30.9 Å². The molecule has 0 aliphatic carbocycles. The number of amides is 2. The Morgan fingerprint density at radius 3 is 2.68 bits per heavy atom. The van der Waals surface area contributed by atoms with Gasteiger partial charge in [-0.2, -0.15) is 0 Å². The first kappa shape index (κ1) is 21.9. The molecule has 1 aliphatic rings. The number of carbonyl (C=O) groups is 2. The van der Waals surface area contributed by atoms with Crippen molar-refractivity contribution in [2.75, 3.05) is 26.7 Å². The van der Waals surface area contributed by atoms with E-state index in [1.54, 1.807) is 12.1 Å². The van der Waals surface area contributed by atoms with Crippen LogP contribution in [-0.2, 0) is 11.3 Å². The van der Waals surface area contributed by atoms with E-state index in [9.17, 15) is 9.59 Å². The Bertz CT molecular complexity index is 800. The number of rotatable bonds is 4. The summed E-state index contributed by atoms with van der Waals surface area (Å²) in [6, 6.07) is 10.6. The molecule has 0 bridgehead atoms. The first-order valence-corrected chi connectivity index (χ1v) is 9.00. The molecule has 1 aliphatic heterocycles. The maximum atomic E-state index is 12.7. The average Bonchev–Trinajstić information content (AvgIpc) is 2.72. The number of halogens is 2. The Balaban J connectivity index is 0.00000280. The van der Waals surface area contributed by atoms with Gasteiger partial charge in [-0.15, -0.1) is 12.4 Å². The van der Waals surface area contributed by atoms with Gasteiger partial charge < -0.3 is 20.3 Å². The molecule has 1 aromatic heterocycles. The summed E-state index contributed by atoms with van der Waals surface area (Å²) >= 11 is 5.96. The Kier molecular flexibility index (Phi) is 8.04. The van der Waals surface area contributed by atoms with Gasteiger partial charge in [0.25, 0.3) is 0 Å². The second-order valence-electron chi connectivity index (χ2n) is 6.15. The molecule has 1 aromatic carbocycles. The van der Waals surface area contributed by atoms with Gasteiger partial charge in [0.05, 0.1) is 31.0 Å². The SMILES string of the molecule is COC(=O)c1ccc(CNC(=O)N2CCNCC2c2ccc(Cl)cc2)nc1.Cl. The minimum absolute atomic E-state index is 0. The molecule has 1 atom stereocenters. The third kappa shape index (κ3) is 5.34. The van der Waals surface area contributed by atoms with Crippen molar-refractivity contribution in [3.8, 4) is 0 Å². The number of urea groups is 1. The molecule has 150 valence electrons. The Hall–Kier alpha value is -2.35. The summed E-state index contributed by atoms with van der Waals surface area (Å²) in [5, 5.41) is 6.88. The van der Waals surface area contributed by atoms with E-state index in [0.717, 1.165) is 12.1 Å². The smallest absolute Gasteiger partial charge is 0.339 e. The number of pyridine rings is 1. The Morgan fingerprint density at radius 2 is 2.04 bits per heavy atom. The summed E-state index contributed by atoms with van der Waals surface area (Å²) in [4.78, 5) is 30.1. The lowest BCUT2D eigenvalue weighted by Gasteiger charge is -2.36. The minimum Gasteiger partial charge on any atom is -0.465 e. The monoisotopic (exact) mass is 424 g/mol. The van der Waals surface area contributed by atoms with Crippen LogP contribution in [0.1, 0.15) is 27.7 Å². The lowest BCUT2D eigenvalue weighted by atomic mass is 10.0. The third-order valence-corrected chi connectivity index (χ3v) is 4.68. The largest absolute Gasteiger partial charge is 0.465 e. The van der Waals surface area contributed by atoms with Gasteiger partial charge in [-0.25, -0.2) is 9.59 Å². The van der Waals surface area contributed by atoms with Gasteiger partial charge in [0.1, 0.15) is 0 Å². The number of methoxy groups -OCH3 is 1. The molecule has 3 rings (SSSR count). The fourth-order valence-electron chi connectivity index (χ4n) is 2.97. The van der Waals surface area contributed by atoms with E-state index in [1.165, 1.54) is 13.3 Å². The van der Waals surface area contributed by atoms with Crippen LogP contribution in [0.5, 0.6) is 0 Å². The Morgan fingerprint density at radius 1 is 1.29 bits per heavy atom. The van der Waals surface area contributed by atoms with E-state index in [0.29, 0.717) is 29.4 Å². The molecule has 9 heteroatoms. The van der Waals surface area contributed by atoms with Gasteiger partial charge in [-0.1, -0.05) is 23.7 Å². The zero-order chi connectivity index (χ0) is 19.2. The molecule has 1 saturated heterocycles. The molecule has 0 radical (unpaired) electrons. The van der Waals surface area contributed by atoms with E-state index < -0.39 is 5.97 Å². The van der Waals surface area contributed by atoms with Crippen LogP contribution in [0.3, 0.4) is 0 Å². The molecule has 2 aromatic rings. The molecule has 2 heterocycles. The molecular weight excluding hydrogens is 403 g/mol. The number of nitrogens with one attached hydrogen (secondary N) is 2. The second kappa shape index (κ2) is 10.3. The molecule has 0 spiro atoms. The lowest BCUT2D eigenvalue weighted by Crippen LogP contribution is -2.51. The molecule has 7 nitrogen and oxygen atoms in total. The summed E-state index contributed by atoms with van der Waals surface area (Å²) in [6.45, 7) is 2.30. The number of esters is 1. The summed E-state index contributed by atoms with van der Waals surface area (Å²) < 4.78 is 4.65. The van der Waals surface area contributed by atoms with E-state index in [-0.39, 0.29) is 31.0 Å². The van der Waals surface area contributed by atoms with Gasteiger partial charge in [-0.05, 0) is 29.8 Å². The number of aromatic nitrogens is 1. The predicted octanol–water partition coefficient (Wildman–Crippen LogP) is 2.80. The molecule has 1 fully saturated rings. The van der Waals surface area contributed by atoms with E-state index >= 15 is 0 Å². The molecule has 1 unspecified atom stereocenters. The highest BCUT2D eigenvalue weighted by Gasteiger charge is 2.27. The maximum Gasteiger partial charge on any atom is 0.339 e. The summed E-state index contributed by atoms with van der Waals surface area (Å²) in [6.07, 6.45) is 1.44. The quantitative estimate of drug-likeness (QED) is 0.737. The topological polar surface area (TPSA) is 83.6 Å². The summed E-state index contributed by atoms with van der Waals surface area (Å²) in [7, 11) is 1.32. The zero-order valence-corrected chi connectivity index (χ0v) is 16.9. The fourth-order valence-corrected chi connectivity index (χ4v) is 3.09. The zero-order valence-electron chi connectivity index (χ0n) is 15.4. The average molecular weight is 425 g/mol. The molecule has 28 heavy (non-hydrogen) atoms. The van der Waals surface area contributed by atoms with E-state index in [1.807, 2.05) is 29.2 Å². The van der Waals surface area contributed by atoms with Crippen molar-refractivity contribution < 1.29 is 14.3 Å². The first-order chi connectivity index (χ1) is 13.1. The number of hydrogen-bond acceptors (Lipinski definition) is 5. The van der Waals surface area contributed by atoms with Crippen LogP contribution in [0.4, 0.5) is 4.79 Å². The Labute approximate surface area is 174 Å².